The van der Waals surface area contributed by atoms with E-state index >= 15 is 0 Å². The standard InChI is InChI=1S/C21H33NO3/c1-8-17(16-9-11(2)21(25-7)12(3)10-16)14(5)22-15(6)18-19(23)13(4)20(18)24/h9-10,13,15,18-20,22-24H,8H2,1-7H3/b17-14+. The Morgan fingerprint density at radius 3 is 2.16 bits per heavy atom. The van der Waals surface area contributed by atoms with Crippen LogP contribution in [0.3, 0.4) is 0 Å². The van der Waals surface area contributed by atoms with Gasteiger partial charge in [-0.15, -0.1) is 0 Å². The molecule has 0 bridgehead atoms. The lowest BCUT2D eigenvalue weighted by Gasteiger charge is -2.48. The van der Waals surface area contributed by atoms with Crippen LogP contribution in [0.5, 0.6) is 5.75 Å². The third-order valence-corrected chi connectivity index (χ3v) is 5.71. The number of rotatable bonds is 6. The number of aliphatic hydroxyl groups excluding tert-OH is 2. The first-order valence-electron chi connectivity index (χ1n) is 9.20. The average Bonchev–Trinajstić information content (AvgIpc) is 2.55. The molecular weight excluding hydrogens is 314 g/mol. The van der Waals surface area contributed by atoms with E-state index in [1.807, 2.05) is 13.8 Å². The summed E-state index contributed by atoms with van der Waals surface area (Å²) in [4.78, 5) is 0. The minimum Gasteiger partial charge on any atom is -0.496 e. The van der Waals surface area contributed by atoms with Crippen molar-refractivity contribution >= 4 is 5.57 Å². The number of hydrogen-bond acceptors (Lipinski definition) is 4. The zero-order chi connectivity index (χ0) is 18.9. The van der Waals surface area contributed by atoms with Gasteiger partial charge in [-0.2, -0.15) is 0 Å². The summed E-state index contributed by atoms with van der Waals surface area (Å²) < 4.78 is 5.47. The molecule has 0 radical (unpaired) electrons. The molecule has 1 aromatic rings. The van der Waals surface area contributed by atoms with Crippen LogP contribution in [0.4, 0.5) is 0 Å². The van der Waals surface area contributed by atoms with E-state index in [0.717, 1.165) is 29.0 Å². The molecule has 3 N–H and O–H groups in total. The Bertz CT molecular complexity index is 620. The molecule has 3 unspecified atom stereocenters. The number of ether oxygens (including phenoxy) is 1. The normalized spacial score (nSPS) is 28.0. The zero-order valence-electron chi connectivity index (χ0n) is 16.6. The largest absolute Gasteiger partial charge is 0.496 e. The fourth-order valence-electron chi connectivity index (χ4n) is 4.21. The van der Waals surface area contributed by atoms with E-state index in [2.05, 4.69) is 45.1 Å². The molecule has 0 heterocycles. The fourth-order valence-corrected chi connectivity index (χ4v) is 4.21. The maximum absolute atomic E-state index is 10.1. The van der Waals surface area contributed by atoms with Gasteiger partial charge >= 0.3 is 0 Å². The molecular formula is C21H33NO3. The van der Waals surface area contributed by atoms with E-state index in [9.17, 15) is 10.2 Å². The van der Waals surface area contributed by atoms with Gasteiger partial charge in [0, 0.05) is 23.6 Å². The van der Waals surface area contributed by atoms with E-state index in [0.29, 0.717) is 0 Å². The number of benzene rings is 1. The molecule has 1 fully saturated rings. The van der Waals surface area contributed by atoms with Crippen LogP contribution in [0.1, 0.15) is 50.8 Å². The van der Waals surface area contributed by atoms with Gasteiger partial charge in [-0.3, -0.25) is 0 Å². The monoisotopic (exact) mass is 347 g/mol. The van der Waals surface area contributed by atoms with E-state index in [-0.39, 0.29) is 17.9 Å². The van der Waals surface area contributed by atoms with Gasteiger partial charge in [-0.25, -0.2) is 0 Å². The van der Waals surface area contributed by atoms with E-state index in [4.69, 9.17) is 4.74 Å². The SMILES string of the molecule is CC/C(=C(/C)NC(C)C1C(O)C(C)C1O)c1cc(C)c(OC)c(C)c1. The molecule has 25 heavy (non-hydrogen) atoms. The third kappa shape index (κ3) is 3.70. The second-order valence-electron chi connectivity index (χ2n) is 7.45. The minimum atomic E-state index is -0.444. The van der Waals surface area contributed by atoms with Crippen LogP contribution < -0.4 is 10.1 Å². The second-order valence-corrected chi connectivity index (χ2v) is 7.45. The summed E-state index contributed by atoms with van der Waals surface area (Å²) in [5.74, 6) is 0.770. The molecule has 3 atom stereocenters. The van der Waals surface area contributed by atoms with Gasteiger partial charge in [0.2, 0.25) is 0 Å². The van der Waals surface area contributed by atoms with Gasteiger partial charge < -0.3 is 20.3 Å². The Kier molecular flexibility index (Phi) is 6.17. The van der Waals surface area contributed by atoms with E-state index in [1.54, 1.807) is 7.11 Å². The number of nitrogens with one attached hydrogen (secondary N) is 1. The van der Waals surface area contributed by atoms with Gasteiger partial charge in [0.25, 0.3) is 0 Å². The highest BCUT2D eigenvalue weighted by Crippen LogP contribution is 2.37. The Morgan fingerprint density at radius 1 is 1.20 bits per heavy atom. The smallest absolute Gasteiger partial charge is 0.124 e. The van der Waals surface area contributed by atoms with Crippen LogP contribution in [-0.2, 0) is 0 Å². The summed E-state index contributed by atoms with van der Waals surface area (Å²) in [7, 11) is 1.70. The molecule has 0 saturated heterocycles. The van der Waals surface area contributed by atoms with Crippen molar-refractivity contribution in [3.05, 3.63) is 34.5 Å². The molecule has 1 aliphatic carbocycles. The van der Waals surface area contributed by atoms with Crippen molar-refractivity contribution in [2.45, 2.75) is 66.2 Å². The Labute approximate surface area is 151 Å². The number of aryl methyl sites for hydroxylation is 2. The van der Waals surface area contributed by atoms with Gasteiger partial charge in [-0.1, -0.05) is 13.8 Å². The van der Waals surface area contributed by atoms with Crippen molar-refractivity contribution in [1.29, 1.82) is 0 Å². The average molecular weight is 347 g/mol. The van der Waals surface area contributed by atoms with Crippen LogP contribution in [0.25, 0.3) is 5.57 Å². The Balaban J connectivity index is 2.26. The van der Waals surface area contributed by atoms with Gasteiger partial charge in [0.1, 0.15) is 5.75 Å². The summed E-state index contributed by atoms with van der Waals surface area (Å²) in [6.45, 7) is 12.3. The predicted molar refractivity (Wildman–Crippen MR) is 103 cm³/mol. The highest BCUT2D eigenvalue weighted by molar-refractivity contribution is 5.70. The number of aliphatic hydroxyl groups is 2. The summed E-state index contributed by atoms with van der Waals surface area (Å²) in [5.41, 5.74) is 5.79. The first-order chi connectivity index (χ1) is 11.7. The first-order valence-corrected chi connectivity index (χ1v) is 9.20. The van der Waals surface area contributed by atoms with Crippen LogP contribution in [0.2, 0.25) is 0 Å². The number of allylic oxidation sites excluding steroid dienone is 2. The second kappa shape index (κ2) is 7.79. The number of hydrogen-bond donors (Lipinski definition) is 3. The molecule has 0 amide bonds. The third-order valence-electron chi connectivity index (χ3n) is 5.71. The van der Waals surface area contributed by atoms with E-state index < -0.39 is 12.2 Å². The quantitative estimate of drug-likeness (QED) is 0.738. The molecule has 1 saturated carbocycles. The summed E-state index contributed by atoms with van der Waals surface area (Å²) >= 11 is 0. The molecule has 140 valence electrons. The summed E-state index contributed by atoms with van der Waals surface area (Å²) in [6, 6.07) is 4.34. The lowest BCUT2D eigenvalue weighted by Crippen LogP contribution is -2.60. The molecule has 0 aromatic heterocycles. The molecule has 1 aromatic carbocycles. The van der Waals surface area contributed by atoms with Crippen molar-refractivity contribution in [2.24, 2.45) is 11.8 Å². The van der Waals surface area contributed by atoms with Crippen molar-refractivity contribution in [2.75, 3.05) is 7.11 Å². The van der Waals surface area contributed by atoms with Crippen LogP contribution in [0, 0.1) is 25.7 Å². The summed E-state index contributed by atoms with van der Waals surface area (Å²) in [5, 5.41) is 23.8. The van der Waals surface area contributed by atoms with Crippen LogP contribution in [-0.4, -0.2) is 35.6 Å². The lowest BCUT2D eigenvalue weighted by atomic mass is 9.67. The molecule has 4 heteroatoms. The van der Waals surface area contributed by atoms with Crippen LogP contribution in [0.15, 0.2) is 17.8 Å². The van der Waals surface area contributed by atoms with Gasteiger partial charge in [-0.05, 0) is 68.5 Å². The van der Waals surface area contributed by atoms with Crippen molar-refractivity contribution in [3.8, 4) is 5.75 Å². The predicted octanol–water partition coefficient (Wildman–Crippen LogP) is 3.42. The maximum Gasteiger partial charge on any atom is 0.124 e. The molecule has 4 nitrogen and oxygen atoms in total. The highest BCUT2D eigenvalue weighted by Gasteiger charge is 2.48. The molecule has 2 rings (SSSR count). The van der Waals surface area contributed by atoms with Crippen molar-refractivity contribution in [1.82, 2.24) is 5.32 Å². The van der Waals surface area contributed by atoms with Gasteiger partial charge in [0.05, 0.1) is 19.3 Å². The maximum atomic E-state index is 10.1. The first kappa shape index (κ1) is 19.8. The van der Waals surface area contributed by atoms with Crippen molar-refractivity contribution < 1.29 is 14.9 Å². The molecule has 0 spiro atoms. The molecule has 1 aliphatic rings. The van der Waals surface area contributed by atoms with E-state index in [1.165, 1.54) is 11.1 Å². The van der Waals surface area contributed by atoms with Gasteiger partial charge in [0.15, 0.2) is 0 Å². The topological polar surface area (TPSA) is 61.7 Å². The van der Waals surface area contributed by atoms with Crippen LogP contribution >= 0.6 is 0 Å². The zero-order valence-corrected chi connectivity index (χ0v) is 16.6. The lowest BCUT2D eigenvalue weighted by molar-refractivity contribution is -0.152. The minimum absolute atomic E-state index is 0.0168. The highest BCUT2D eigenvalue weighted by atomic mass is 16.5. The Hall–Kier alpha value is -1.52. The number of methoxy groups -OCH3 is 1. The summed E-state index contributed by atoms with van der Waals surface area (Å²) in [6.07, 6.45) is 0.0184. The fraction of sp³-hybridized carbons (Fsp3) is 0.619. The molecule has 0 aliphatic heterocycles. The Morgan fingerprint density at radius 2 is 1.72 bits per heavy atom. The van der Waals surface area contributed by atoms with Crippen molar-refractivity contribution in [3.63, 3.8) is 0 Å².